The van der Waals surface area contributed by atoms with E-state index in [4.69, 9.17) is 0 Å². The van der Waals surface area contributed by atoms with Crippen LogP contribution in [0.5, 0.6) is 0 Å². The van der Waals surface area contributed by atoms with E-state index in [1.807, 2.05) is 0 Å². The van der Waals surface area contributed by atoms with Crippen molar-refractivity contribution in [3.63, 3.8) is 0 Å². The molecule has 6 heteroatoms. The fourth-order valence-electron chi connectivity index (χ4n) is 1.08. The molecule has 78 valence electrons. The fourth-order valence-corrected chi connectivity index (χ4v) is 1.08. The molecule has 1 aliphatic rings. The Morgan fingerprint density at radius 1 is 1.54 bits per heavy atom. The highest BCUT2D eigenvalue weighted by atomic mass is 127. The normalized spacial score (nSPS) is 26.7. The molecule has 0 amide bonds. The van der Waals surface area contributed by atoms with Gasteiger partial charge in [0.15, 0.2) is 5.96 Å². The summed E-state index contributed by atoms with van der Waals surface area (Å²) in [5, 5.41) is 5.66. The minimum absolute atomic E-state index is 0. The number of nitrogens with zero attached hydrogens (tertiary/aromatic N) is 1. The molecule has 0 aromatic rings. The van der Waals surface area contributed by atoms with Gasteiger partial charge in [-0.1, -0.05) is 0 Å². The summed E-state index contributed by atoms with van der Waals surface area (Å²) in [7, 11) is 3.31. The summed E-state index contributed by atoms with van der Waals surface area (Å²) in [6.07, 6.45) is -1.67. The van der Waals surface area contributed by atoms with Crippen LogP contribution in [-0.2, 0) is 0 Å². The molecule has 1 aliphatic carbocycles. The summed E-state index contributed by atoms with van der Waals surface area (Å²) >= 11 is 0. The second-order valence-electron chi connectivity index (χ2n) is 2.81. The molecular weight excluding hydrogens is 291 g/mol. The number of hydrogen-bond acceptors (Lipinski definition) is 1. The molecule has 0 spiro atoms. The first-order chi connectivity index (χ1) is 5.69. The third-order valence-electron chi connectivity index (χ3n) is 1.95. The van der Waals surface area contributed by atoms with Gasteiger partial charge in [0.2, 0.25) is 6.43 Å². The van der Waals surface area contributed by atoms with Crippen molar-refractivity contribution < 1.29 is 8.78 Å². The Balaban J connectivity index is 0.00000144. The highest BCUT2D eigenvalue weighted by Gasteiger charge is 2.44. The molecule has 3 nitrogen and oxygen atoms in total. The molecule has 0 bridgehead atoms. The second kappa shape index (κ2) is 5.56. The standard InChI is InChI=1S/C7H13F2N3.HI/c1-10-7(11-2)12-5-3-4(5)6(8)9;/h4-6H,3H2,1-2H3,(H2,10,11,12);1H/t4-,5-;/m0./s1. The Bertz CT molecular complexity index is 187. The number of rotatable bonds is 2. The summed E-state index contributed by atoms with van der Waals surface area (Å²) in [6.45, 7) is 0. The van der Waals surface area contributed by atoms with Crippen LogP contribution in [0, 0.1) is 5.92 Å². The molecule has 1 fully saturated rings. The zero-order chi connectivity index (χ0) is 9.14. The molecule has 13 heavy (non-hydrogen) atoms. The Hall–Kier alpha value is -0.140. The lowest BCUT2D eigenvalue weighted by Crippen LogP contribution is -2.37. The highest BCUT2D eigenvalue weighted by Crippen LogP contribution is 2.35. The van der Waals surface area contributed by atoms with Gasteiger partial charge >= 0.3 is 0 Å². The van der Waals surface area contributed by atoms with E-state index in [0.29, 0.717) is 12.4 Å². The van der Waals surface area contributed by atoms with Crippen molar-refractivity contribution in [2.75, 3.05) is 14.1 Å². The lowest BCUT2D eigenvalue weighted by atomic mass is 10.4. The lowest BCUT2D eigenvalue weighted by Gasteiger charge is -2.07. The first kappa shape index (κ1) is 12.9. The van der Waals surface area contributed by atoms with E-state index in [1.165, 1.54) is 0 Å². The summed E-state index contributed by atoms with van der Waals surface area (Å²) in [4.78, 5) is 3.83. The predicted octanol–water partition coefficient (Wildman–Crippen LogP) is 1.05. The zero-order valence-electron chi connectivity index (χ0n) is 7.55. The average molecular weight is 305 g/mol. The Morgan fingerprint density at radius 3 is 2.46 bits per heavy atom. The van der Waals surface area contributed by atoms with Gasteiger partial charge in [0.1, 0.15) is 0 Å². The van der Waals surface area contributed by atoms with Gasteiger partial charge in [0.25, 0.3) is 0 Å². The first-order valence-corrected chi connectivity index (χ1v) is 3.88. The van der Waals surface area contributed by atoms with Crippen molar-refractivity contribution in [2.24, 2.45) is 10.9 Å². The minimum atomic E-state index is -2.21. The van der Waals surface area contributed by atoms with Crippen molar-refractivity contribution in [2.45, 2.75) is 18.9 Å². The van der Waals surface area contributed by atoms with E-state index in [-0.39, 0.29) is 30.0 Å². The Morgan fingerprint density at radius 2 is 2.15 bits per heavy atom. The summed E-state index contributed by atoms with van der Waals surface area (Å²) in [5.41, 5.74) is 0. The molecular formula is C7H14F2IN3. The van der Waals surface area contributed by atoms with Crippen LogP contribution in [0.4, 0.5) is 8.78 Å². The molecule has 2 atom stereocenters. The Kier molecular flexibility index (Phi) is 5.50. The van der Waals surface area contributed by atoms with Crippen molar-refractivity contribution >= 4 is 29.9 Å². The van der Waals surface area contributed by atoms with Crippen LogP contribution in [-0.4, -0.2) is 32.5 Å². The van der Waals surface area contributed by atoms with E-state index >= 15 is 0 Å². The van der Waals surface area contributed by atoms with Gasteiger partial charge in [-0.15, -0.1) is 24.0 Å². The highest BCUT2D eigenvalue weighted by molar-refractivity contribution is 14.0. The maximum absolute atomic E-state index is 12.0. The molecule has 0 radical (unpaired) electrons. The van der Waals surface area contributed by atoms with Crippen LogP contribution < -0.4 is 10.6 Å². The number of hydrogen-bond donors (Lipinski definition) is 2. The van der Waals surface area contributed by atoms with Gasteiger partial charge in [-0.3, -0.25) is 4.99 Å². The van der Waals surface area contributed by atoms with Crippen LogP contribution in [0.15, 0.2) is 4.99 Å². The zero-order valence-corrected chi connectivity index (χ0v) is 9.88. The maximum Gasteiger partial charge on any atom is 0.243 e. The largest absolute Gasteiger partial charge is 0.359 e. The van der Waals surface area contributed by atoms with E-state index in [1.54, 1.807) is 14.1 Å². The molecule has 2 N–H and O–H groups in total. The van der Waals surface area contributed by atoms with Crippen LogP contribution in [0.3, 0.4) is 0 Å². The molecule has 0 aromatic carbocycles. The number of halogens is 3. The number of aliphatic imine (C=N–C) groups is 1. The van der Waals surface area contributed by atoms with Crippen LogP contribution in [0.1, 0.15) is 6.42 Å². The number of guanidine groups is 1. The smallest absolute Gasteiger partial charge is 0.243 e. The maximum atomic E-state index is 12.0. The predicted molar refractivity (Wildman–Crippen MR) is 58.9 cm³/mol. The van der Waals surface area contributed by atoms with Crippen LogP contribution in [0.25, 0.3) is 0 Å². The van der Waals surface area contributed by atoms with Gasteiger partial charge in [0, 0.05) is 26.1 Å². The van der Waals surface area contributed by atoms with Gasteiger partial charge in [-0.2, -0.15) is 0 Å². The molecule has 0 unspecified atom stereocenters. The molecule has 0 heterocycles. The molecule has 0 aliphatic heterocycles. The lowest BCUT2D eigenvalue weighted by molar-refractivity contribution is 0.119. The summed E-state index contributed by atoms with van der Waals surface area (Å²) in [5.74, 6) is 0.0817. The second-order valence-corrected chi connectivity index (χ2v) is 2.81. The number of nitrogens with one attached hydrogen (secondary N) is 2. The van der Waals surface area contributed by atoms with Gasteiger partial charge in [0.05, 0.1) is 0 Å². The third-order valence-corrected chi connectivity index (χ3v) is 1.95. The van der Waals surface area contributed by atoms with Crippen molar-refractivity contribution in [3.05, 3.63) is 0 Å². The quantitative estimate of drug-likeness (QED) is 0.455. The third kappa shape index (κ3) is 3.61. The van der Waals surface area contributed by atoms with Gasteiger partial charge < -0.3 is 10.6 Å². The van der Waals surface area contributed by atoms with Crippen LogP contribution >= 0.6 is 24.0 Å². The first-order valence-electron chi connectivity index (χ1n) is 3.88. The van der Waals surface area contributed by atoms with E-state index < -0.39 is 12.3 Å². The summed E-state index contributed by atoms with van der Waals surface area (Å²) < 4.78 is 24.1. The fraction of sp³-hybridized carbons (Fsp3) is 0.857. The van der Waals surface area contributed by atoms with Gasteiger partial charge in [-0.25, -0.2) is 8.78 Å². The molecule has 0 saturated heterocycles. The monoisotopic (exact) mass is 305 g/mol. The average Bonchev–Trinajstić information content (AvgIpc) is 2.79. The number of alkyl halides is 2. The van der Waals surface area contributed by atoms with E-state index in [9.17, 15) is 8.78 Å². The van der Waals surface area contributed by atoms with Crippen molar-refractivity contribution in [1.29, 1.82) is 0 Å². The van der Waals surface area contributed by atoms with Crippen molar-refractivity contribution in [1.82, 2.24) is 10.6 Å². The Labute approximate surface area is 93.4 Å². The molecule has 1 rings (SSSR count). The molecule has 1 saturated carbocycles. The van der Waals surface area contributed by atoms with Crippen LogP contribution in [0.2, 0.25) is 0 Å². The van der Waals surface area contributed by atoms with Crippen molar-refractivity contribution in [3.8, 4) is 0 Å². The SMILES string of the molecule is CN=C(NC)N[C@H]1C[C@@H]1C(F)F.I. The topological polar surface area (TPSA) is 36.4 Å². The van der Waals surface area contributed by atoms with E-state index in [0.717, 1.165) is 0 Å². The molecule has 0 aromatic heterocycles. The minimum Gasteiger partial charge on any atom is -0.359 e. The summed E-state index contributed by atoms with van der Waals surface area (Å²) in [6, 6.07) is -0.101. The van der Waals surface area contributed by atoms with E-state index in [2.05, 4.69) is 15.6 Å². The van der Waals surface area contributed by atoms with Gasteiger partial charge in [-0.05, 0) is 6.42 Å².